The lowest BCUT2D eigenvalue weighted by Gasteiger charge is -2.12. The van der Waals surface area contributed by atoms with E-state index in [0.29, 0.717) is 11.4 Å². The predicted molar refractivity (Wildman–Crippen MR) is 233 cm³/mol. The summed E-state index contributed by atoms with van der Waals surface area (Å²) in [5.74, 6) is 1.57. The zero-order valence-corrected chi connectivity index (χ0v) is 30.7. The van der Waals surface area contributed by atoms with Crippen LogP contribution >= 0.6 is 22.7 Å². The lowest BCUT2D eigenvalue weighted by Crippen LogP contribution is -2.02. The van der Waals surface area contributed by atoms with Crippen LogP contribution < -0.4 is 0 Å². The molecule has 0 radical (unpaired) electrons. The number of benzene rings is 8. The van der Waals surface area contributed by atoms with Crippen LogP contribution in [0.1, 0.15) is 5.56 Å². The number of thiophene rings is 2. The van der Waals surface area contributed by atoms with Crippen LogP contribution in [0.15, 0.2) is 158 Å². The van der Waals surface area contributed by atoms with Gasteiger partial charge in [0.1, 0.15) is 0 Å². The van der Waals surface area contributed by atoms with Crippen LogP contribution in [0.3, 0.4) is 0 Å². The van der Waals surface area contributed by atoms with Crippen molar-refractivity contribution >= 4 is 106 Å². The fourth-order valence-corrected chi connectivity index (χ4v) is 10.6. The molecule has 4 aromatic heterocycles. The van der Waals surface area contributed by atoms with Crippen molar-refractivity contribution in [3.8, 4) is 34.4 Å². The summed E-state index contributed by atoms with van der Waals surface area (Å²) in [6.07, 6.45) is 0. The van der Waals surface area contributed by atoms with Crippen molar-refractivity contribution in [2.24, 2.45) is 0 Å². The number of aromatic nitrogens is 3. The van der Waals surface area contributed by atoms with Crippen LogP contribution in [0.25, 0.3) is 112 Å². The fraction of sp³-hybridized carbons (Fsp3) is 0. The molecule has 254 valence electrons. The average molecular weight is 735 g/mol. The first kappa shape index (κ1) is 30.5. The van der Waals surface area contributed by atoms with E-state index >= 15 is 0 Å². The molecule has 12 aromatic rings. The zero-order valence-electron chi connectivity index (χ0n) is 29.1. The van der Waals surface area contributed by atoms with E-state index in [4.69, 9.17) is 9.97 Å². The number of nitrogens with zero attached hydrogens (tertiary/aromatic N) is 4. The SMILES string of the molecule is N#Cc1ccc(-c2ccc3sc4c(-n5c6cc7ccccc7cc6c6ccc7ccccc7c65)nc(-c5ccc6sc7ccccc7c6c5)nc4c3c2)cc1. The van der Waals surface area contributed by atoms with Gasteiger partial charge in [-0.15, -0.1) is 22.7 Å². The van der Waals surface area contributed by atoms with Crippen molar-refractivity contribution in [3.63, 3.8) is 0 Å². The molecule has 0 spiro atoms. The van der Waals surface area contributed by atoms with Crippen LogP contribution in [0.5, 0.6) is 0 Å². The smallest absolute Gasteiger partial charge is 0.162 e. The van der Waals surface area contributed by atoms with Gasteiger partial charge in [0.25, 0.3) is 0 Å². The standard InChI is InChI=1S/C49H26N4S2/c50-27-28-13-15-29(16-14-28)33-18-21-44-40(24-33)45-47(55-44)49(52-48(51-45)34-19-22-43-39(25-34)36-11-5-6-12-42(36)54-43)53-41-26-32-9-2-1-8-31(32)23-38(41)37-20-17-30-7-3-4-10-35(30)46(37)53/h1-26H. The minimum absolute atomic E-state index is 0.648. The van der Waals surface area contributed by atoms with Gasteiger partial charge in [0, 0.05) is 52.0 Å². The molecule has 0 atom stereocenters. The van der Waals surface area contributed by atoms with Gasteiger partial charge in [-0.05, 0) is 87.9 Å². The summed E-state index contributed by atoms with van der Waals surface area (Å²) in [4.78, 5) is 11.1. The second-order valence-corrected chi connectivity index (χ2v) is 16.2. The maximum atomic E-state index is 9.43. The quantitative estimate of drug-likeness (QED) is 0.182. The molecule has 0 amide bonds. The Labute approximate surface area is 322 Å². The van der Waals surface area contributed by atoms with Crippen LogP contribution in [0, 0.1) is 11.3 Å². The number of hydrogen-bond acceptors (Lipinski definition) is 5. The molecule has 0 bridgehead atoms. The van der Waals surface area contributed by atoms with Gasteiger partial charge in [-0.1, -0.05) is 97.1 Å². The van der Waals surface area contributed by atoms with E-state index in [9.17, 15) is 5.26 Å². The number of hydrogen-bond donors (Lipinski definition) is 0. The summed E-state index contributed by atoms with van der Waals surface area (Å²) in [5.41, 5.74) is 6.97. The van der Waals surface area contributed by atoms with Gasteiger partial charge >= 0.3 is 0 Å². The Hall–Kier alpha value is -6.91. The van der Waals surface area contributed by atoms with Gasteiger partial charge in [0.2, 0.25) is 0 Å². The summed E-state index contributed by atoms with van der Waals surface area (Å²) in [6.45, 7) is 0. The van der Waals surface area contributed by atoms with Crippen LogP contribution in [-0.4, -0.2) is 14.5 Å². The molecule has 0 fully saturated rings. The second-order valence-electron chi connectivity index (χ2n) is 14.1. The van der Waals surface area contributed by atoms with Crippen LogP contribution in [0.2, 0.25) is 0 Å². The summed E-state index contributed by atoms with van der Waals surface area (Å²) < 4.78 is 7.12. The molecule has 0 saturated carbocycles. The minimum Gasteiger partial charge on any atom is -0.292 e. The topological polar surface area (TPSA) is 54.5 Å². The van der Waals surface area contributed by atoms with E-state index in [1.807, 2.05) is 35.6 Å². The largest absolute Gasteiger partial charge is 0.292 e. The average Bonchev–Trinajstić information content (AvgIpc) is 3.91. The summed E-state index contributed by atoms with van der Waals surface area (Å²) in [7, 11) is 0. The fourth-order valence-electron chi connectivity index (χ4n) is 8.37. The second kappa shape index (κ2) is 11.5. The van der Waals surface area contributed by atoms with Crippen molar-refractivity contribution in [2.75, 3.05) is 0 Å². The molecule has 4 nitrogen and oxygen atoms in total. The molecule has 8 aromatic carbocycles. The Bertz CT molecular complexity index is 3620. The van der Waals surface area contributed by atoms with Gasteiger partial charge in [-0.3, -0.25) is 4.57 Å². The van der Waals surface area contributed by atoms with Gasteiger partial charge in [0.05, 0.1) is 32.9 Å². The number of rotatable bonds is 3. The normalized spacial score (nSPS) is 12.0. The first-order chi connectivity index (χ1) is 27.2. The molecule has 0 N–H and O–H groups in total. The van der Waals surface area contributed by atoms with E-state index in [-0.39, 0.29) is 0 Å². The molecular weight excluding hydrogens is 709 g/mol. The molecule has 12 rings (SSSR count). The summed E-state index contributed by atoms with van der Waals surface area (Å²) >= 11 is 3.56. The lowest BCUT2D eigenvalue weighted by molar-refractivity contribution is 1.09. The van der Waals surface area contributed by atoms with Crippen molar-refractivity contribution in [1.82, 2.24) is 14.5 Å². The molecule has 0 saturated heterocycles. The van der Waals surface area contributed by atoms with Crippen LogP contribution in [-0.2, 0) is 0 Å². The van der Waals surface area contributed by atoms with E-state index in [1.165, 1.54) is 52.5 Å². The third-order valence-corrected chi connectivity index (χ3v) is 13.3. The lowest BCUT2D eigenvalue weighted by atomic mass is 10.0. The Morgan fingerprint density at radius 2 is 1.15 bits per heavy atom. The maximum absolute atomic E-state index is 9.43. The highest BCUT2D eigenvalue weighted by atomic mass is 32.1. The molecule has 0 aliphatic carbocycles. The highest BCUT2D eigenvalue weighted by Gasteiger charge is 2.23. The molecule has 0 aliphatic rings. The Morgan fingerprint density at radius 1 is 0.473 bits per heavy atom. The van der Waals surface area contributed by atoms with Crippen molar-refractivity contribution < 1.29 is 0 Å². The number of fused-ring (bicyclic) bond motifs is 12. The Kier molecular flexibility index (Phi) is 6.41. The number of nitriles is 1. The third-order valence-electron chi connectivity index (χ3n) is 11.0. The van der Waals surface area contributed by atoms with Crippen molar-refractivity contribution in [3.05, 3.63) is 163 Å². The Morgan fingerprint density at radius 3 is 1.98 bits per heavy atom. The third kappa shape index (κ3) is 4.55. The highest BCUT2D eigenvalue weighted by Crippen LogP contribution is 2.44. The minimum atomic E-state index is 0.648. The van der Waals surface area contributed by atoms with Crippen molar-refractivity contribution in [1.29, 1.82) is 5.26 Å². The molecule has 0 unspecified atom stereocenters. The first-order valence-corrected chi connectivity index (χ1v) is 19.8. The molecule has 6 heteroatoms. The van der Waals surface area contributed by atoms with Gasteiger partial charge in [0.15, 0.2) is 11.6 Å². The molecule has 0 aliphatic heterocycles. The molecule has 55 heavy (non-hydrogen) atoms. The zero-order chi connectivity index (χ0) is 36.2. The highest BCUT2D eigenvalue weighted by molar-refractivity contribution is 7.26. The maximum Gasteiger partial charge on any atom is 0.162 e. The monoisotopic (exact) mass is 734 g/mol. The van der Waals surface area contributed by atoms with E-state index in [1.54, 1.807) is 11.3 Å². The van der Waals surface area contributed by atoms with Gasteiger partial charge in [-0.2, -0.15) is 5.26 Å². The summed E-state index contributed by atoms with van der Waals surface area (Å²) in [6, 6.07) is 58.4. The van der Waals surface area contributed by atoms with Crippen molar-refractivity contribution in [2.45, 2.75) is 0 Å². The molecular formula is C49H26N4S2. The summed E-state index contributed by atoms with van der Waals surface area (Å²) in [5, 5.41) is 20.2. The van der Waals surface area contributed by atoms with E-state index < -0.39 is 0 Å². The Balaban J connectivity index is 1.22. The van der Waals surface area contributed by atoms with E-state index in [2.05, 4.69) is 144 Å². The molecule has 4 heterocycles. The van der Waals surface area contributed by atoms with Gasteiger partial charge in [-0.25, -0.2) is 9.97 Å². The van der Waals surface area contributed by atoms with E-state index in [0.717, 1.165) is 53.8 Å². The van der Waals surface area contributed by atoms with Crippen LogP contribution in [0.4, 0.5) is 0 Å². The van der Waals surface area contributed by atoms with Gasteiger partial charge < -0.3 is 0 Å². The predicted octanol–water partition coefficient (Wildman–Crippen LogP) is 13.8. The first-order valence-electron chi connectivity index (χ1n) is 18.2.